The minimum Gasteiger partial charge on any atom is -0.497 e. The van der Waals surface area contributed by atoms with Gasteiger partial charge in [-0.05, 0) is 49.7 Å². The number of benzene rings is 3. The van der Waals surface area contributed by atoms with Gasteiger partial charge in [0.1, 0.15) is 5.75 Å². The van der Waals surface area contributed by atoms with Gasteiger partial charge >= 0.3 is 0 Å². The van der Waals surface area contributed by atoms with Crippen LogP contribution < -0.4 is 9.04 Å². The Bertz CT molecular complexity index is 1580. The largest absolute Gasteiger partial charge is 0.497 e. The summed E-state index contributed by atoms with van der Waals surface area (Å²) in [5, 5.41) is 0.723. The summed E-state index contributed by atoms with van der Waals surface area (Å²) < 4.78 is 34.6. The Balaban J connectivity index is 1.51. The van der Waals surface area contributed by atoms with E-state index >= 15 is 0 Å². The van der Waals surface area contributed by atoms with Gasteiger partial charge in [-0.2, -0.15) is 0 Å². The molecule has 188 valence electrons. The zero-order valence-electron chi connectivity index (χ0n) is 20.4. The van der Waals surface area contributed by atoms with Gasteiger partial charge in [0.2, 0.25) is 0 Å². The van der Waals surface area contributed by atoms with E-state index in [0.29, 0.717) is 28.1 Å². The first-order valence-electron chi connectivity index (χ1n) is 11.8. The lowest BCUT2D eigenvalue weighted by molar-refractivity contribution is 0.0653. The van der Waals surface area contributed by atoms with Gasteiger partial charge in [0, 0.05) is 30.7 Å². The topological polar surface area (TPSA) is 96.9 Å². The van der Waals surface area contributed by atoms with Gasteiger partial charge < -0.3 is 4.74 Å². The molecule has 0 unspecified atom stereocenters. The Kier molecular flexibility index (Phi) is 6.39. The smallest absolute Gasteiger partial charge is 0.264 e. The molecule has 9 heteroatoms. The number of amides is 2. The van der Waals surface area contributed by atoms with E-state index in [1.54, 1.807) is 72.9 Å². The summed E-state index contributed by atoms with van der Waals surface area (Å²) in [4.78, 5) is 31.4. The monoisotopic (exact) mass is 515 g/mol. The molecule has 0 saturated heterocycles. The van der Waals surface area contributed by atoms with Crippen LogP contribution in [0.15, 0.2) is 83.9 Å². The van der Waals surface area contributed by atoms with Crippen LogP contribution in [0.3, 0.4) is 0 Å². The third kappa shape index (κ3) is 4.42. The minimum atomic E-state index is -4.01. The average Bonchev–Trinajstić information content (AvgIpc) is 3.15. The minimum absolute atomic E-state index is 0.0163. The molecule has 0 saturated carbocycles. The highest BCUT2D eigenvalue weighted by Crippen LogP contribution is 2.34. The summed E-state index contributed by atoms with van der Waals surface area (Å²) in [5.41, 5.74) is 2.52. The van der Waals surface area contributed by atoms with Crippen molar-refractivity contribution in [2.24, 2.45) is 0 Å². The van der Waals surface area contributed by atoms with Gasteiger partial charge in [0.05, 0.1) is 34.3 Å². The van der Waals surface area contributed by atoms with Crippen LogP contribution in [0.1, 0.15) is 32.7 Å². The molecule has 5 rings (SSSR count). The molecule has 0 radical (unpaired) electrons. The van der Waals surface area contributed by atoms with Crippen LogP contribution in [-0.4, -0.2) is 50.3 Å². The van der Waals surface area contributed by atoms with Crippen LogP contribution in [0.25, 0.3) is 10.9 Å². The molecule has 2 heterocycles. The number of sulfonamides is 1. The number of methoxy groups -OCH3 is 1. The molecule has 0 N–H and O–H groups in total. The molecular weight excluding hydrogens is 490 g/mol. The molecule has 37 heavy (non-hydrogen) atoms. The highest BCUT2D eigenvalue weighted by Gasteiger charge is 2.35. The van der Waals surface area contributed by atoms with E-state index in [-0.39, 0.29) is 36.2 Å². The number of carbonyl (C=O) groups excluding carboxylic acids is 2. The Labute approximate surface area is 215 Å². The van der Waals surface area contributed by atoms with Gasteiger partial charge in [-0.1, -0.05) is 35.9 Å². The molecule has 1 aromatic heterocycles. The predicted molar refractivity (Wildman–Crippen MR) is 140 cm³/mol. The van der Waals surface area contributed by atoms with Crippen LogP contribution in [-0.2, 0) is 10.0 Å². The number of anilines is 1. The van der Waals surface area contributed by atoms with Crippen molar-refractivity contribution < 1.29 is 22.7 Å². The van der Waals surface area contributed by atoms with Crippen molar-refractivity contribution in [2.75, 3.05) is 24.5 Å². The van der Waals surface area contributed by atoms with Crippen molar-refractivity contribution in [1.82, 2.24) is 9.88 Å². The number of carbonyl (C=O) groups is 2. The van der Waals surface area contributed by atoms with Crippen molar-refractivity contribution in [2.45, 2.75) is 18.2 Å². The molecule has 0 aliphatic carbocycles. The molecule has 1 aliphatic heterocycles. The average molecular weight is 516 g/mol. The van der Waals surface area contributed by atoms with Crippen molar-refractivity contribution in [3.63, 3.8) is 0 Å². The second kappa shape index (κ2) is 9.67. The second-order valence-electron chi connectivity index (χ2n) is 8.77. The Morgan fingerprint density at radius 3 is 2.24 bits per heavy atom. The van der Waals surface area contributed by atoms with E-state index < -0.39 is 10.0 Å². The Hall–Kier alpha value is -4.24. The molecular formula is C28H25N3O5S. The zero-order valence-corrected chi connectivity index (χ0v) is 21.2. The highest BCUT2D eigenvalue weighted by atomic mass is 32.2. The van der Waals surface area contributed by atoms with Crippen LogP contribution >= 0.6 is 0 Å². The van der Waals surface area contributed by atoms with E-state index in [9.17, 15) is 18.0 Å². The van der Waals surface area contributed by atoms with Crippen molar-refractivity contribution >= 4 is 38.4 Å². The maximum Gasteiger partial charge on any atom is 0.264 e. The van der Waals surface area contributed by atoms with E-state index in [2.05, 4.69) is 4.98 Å². The summed E-state index contributed by atoms with van der Waals surface area (Å²) in [6.07, 6.45) is 1.83. The normalized spacial score (nSPS) is 13.2. The Morgan fingerprint density at radius 1 is 0.919 bits per heavy atom. The number of nitrogens with zero attached hydrogens (tertiary/aromatic N) is 3. The highest BCUT2D eigenvalue weighted by molar-refractivity contribution is 7.92. The lowest BCUT2D eigenvalue weighted by Gasteiger charge is -2.27. The van der Waals surface area contributed by atoms with Gasteiger partial charge in [-0.15, -0.1) is 0 Å². The quantitative estimate of drug-likeness (QED) is 0.322. The maximum absolute atomic E-state index is 13.9. The number of fused-ring (bicyclic) bond motifs is 2. The number of ether oxygens (including phenoxy) is 1. The standard InChI is InChI=1S/C28H25N3O5S/c1-19-10-12-22(13-11-19)37(34,35)31(25-18-21(36-2)17-20-7-5-14-29-26(20)25)16-6-15-30-27(32)23-8-3-4-9-24(23)28(30)33/h3-5,7-14,17-18H,6,15-16H2,1-2H3. The van der Waals surface area contributed by atoms with E-state index in [4.69, 9.17) is 4.74 Å². The van der Waals surface area contributed by atoms with Gasteiger partial charge in [0.25, 0.3) is 21.8 Å². The summed E-state index contributed by atoms with van der Waals surface area (Å²) >= 11 is 0. The van der Waals surface area contributed by atoms with Crippen LogP contribution in [0, 0.1) is 6.92 Å². The fraction of sp³-hybridized carbons (Fsp3) is 0.179. The first kappa shape index (κ1) is 24.5. The van der Waals surface area contributed by atoms with Gasteiger partial charge in [-0.3, -0.25) is 23.8 Å². The maximum atomic E-state index is 13.9. The molecule has 3 aromatic carbocycles. The molecule has 0 spiro atoms. The third-order valence-electron chi connectivity index (χ3n) is 6.39. The fourth-order valence-electron chi connectivity index (χ4n) is 4.48. The molecule has 8 nitrogen and oxygen atoms in total. The lowest BCUT2D eigenvalue weighted by atomic mass is 10.1. The van der Waals surface area contributed by atoms with Gasteiger partial charge in [0.15, 0.2) is 0 Å². The number of hydrogen-bond acceptors (Lipinski definition) is 6. The summed E-state index contributed by atoms with van der Waals surface area (Å²) in [6, 6.07) is 20.3. The summed E-state index contributed by atoms with van der Waals surface area (Å²) in [6.45, 7) is 1.97. The van der Waals surface area contributed by atoms with Crippen LogP contribution in [0.5, 0.6) is 5.75 Å². The lowest BCUT2D eigenvalue weighted by Crippen LogP contribution is -2.36. The predicted octanol–water partition coefficient (Wildman–Crippen LogP) is 4.43. The first-order chi connectivity index (χ1) is 17.8. The second-order valence-corrected chi connectivity index (χ2v) is 10.6. The van der Waals surface area contributed by atoms with Crippen molar-refractivity contribution in [1.29, 1.82) is 0 Å². The molecule has 0 bridgehead atoms. The molecule has 0 fully saturated rings. The van der Waals surface area contributed by atoms with Crippen molar-refractivity contribution in [3.05, 3.63) is 95.7 Å². The number of aryl methyl sites for hydroxylation is 1. The van der Waals surface area contributed by atoms with Gasteiger partial charge in [-0.25, -0.2) is 8.42 Å². The molecule has 0 atom stereocenters. The Morgan fingerprint density at radius 2 is 1.59 bits per heavy atom. The summed E-state index contributed by atoms with van der Waals surface area (Å²) in [5.74, 6) is -0.260. The summed E-state index contributed by atoms with van der Waals surface area (Å²) in [7, 11) is -2.50. The van der Waals surface area contributed by atoms with Crippen LogP contribution in [0.4, 0.5) is 5.69 Å². The molecule has 1 aliphatic rings. The van der Waals surface area contributed by atoms with E-state index in [1.807, 2.05) is 13.0 Å². The third-order valence-corrected chi connectivity index (χ3v) is 8.22. The molecule has 2 amide bonds. The zero-order chi connectivity index (χ0) is 26.2. The number of pyridine rings is 1. The first-order valence-corrected chi connectivity index (χ1v) is 13.2. The molecule has 4 aromatic rings. The number of aromatic nitrogens is 1. The number of imide groups is 1. The SMILES string of the molecule is COc1cc(N(CCCN2C(=O)c3ccccc3C2=O)S(=O)(=O)c2ccc(C)cc2)c2ncccc2c1. The van der Waals surface area contributed by atoms with E-state index in [1.165, 1.54) is 16.3 Å². The van der Waals surface area contributed by atoms with Crippen molar-refractivity contribution in [3.8, 4) is 5.75 Å². The number of hydrogen-bond donors (Lipinski definition) is 0. The fourth-order valence-corrected chi connectivity index (χ4v) is 5.98. The number of rotatable bonds is 8. The van der Waals surface area contributed by atoms with Crippen LogP contribution in [0.2, 0.25) is 0 Å². The van der Waals surface area contributed by atoms with E-state index in [0.717, 1.165) is 10.9 Å².